The van der Waals surface area contributed by atoms with E-state index in [1.54, 1.807) is 7.11 Å². The summed E-state index contributed by atoms with van der Waals surface area (Å²) >= 11 is 0. The van der Waals surface area contributed by atoms with Crippen LogP contribution < -0.4 is 9.64 Å². The Morgan fingerprint density at radius 2 is 1.88 bits per heavy atom. The van der Waals surface area contributed by atoms with E-state index in [0.717, 1.165) is 24.5 Å². The van der Waals surface area contributed by atoms with Crippen molar-refractivity contribution in [2.24, 2.45) is 0 Å². The van der Waals surface area contributed by atoms with Crippen LogP contribution >= 0.6 is 0 Å². The van der Waals surface area contributed by atoms with E-state index in [-0.39, 0.29) is 11.8 Å². The van der Waals surface area contributed by atoms with Gasteiger partial charge in [0, 0.05) is 32.1 Å². The van der Waals surface area contributed by atoms with Gasteiger partial charge in [0.2, 0.25) is 0 Å². The van der Waals surface area contributed by atoms with E-state index in [0.29, 0.717) is 30.1 Å². The lowest BCUT2D eigenvalue weighted by molar-refractivity contribution is 0.0743. The normalized spacial score (nSPS) is 14.9. The maximum atomic E-state index is 13.0. The average Bonchev–Trinajstić information content (AvgIpc) is 3.03. The number of hydrogen-bond acceptors (Lipinski definition) is 5. The smallest absolute Gasteiger partial charge is 0.259 e. The number of hydrogen-bond donors (Lipinski definition) is 0. The Labute approximate surface area is 148 Å². The molecule has 0 saturated carbocycles. The number of carbonyl (C=O) groups is 1. The molecule has 1 aliphatic heterocycles. The third kappa shape index (κ3) is 3.34. The van der Waals surface area contributed by atoms with Gasteiger partial charge >= 0.3 is 0 Å². The lowest BCUT2D eigenvalue weighted by Crippen LogP contribution is -2.49. The predicted molar refractivity (Wildman–Crippen MR) is 96.4 cm³/mol. The summed E-state index contributed by atoms with van der Waals surface area (Å²) in [4.78, 5) is 17.1. The van der Waals surface area contributed by atoms with Crippen molar-refractivity contribution >= 4 is 11.6 Å². The van der Waals surface area contributed by atoms with Gasteiger partial charge in [0.25, 0.3) is 5.91 Å². The van der Waals surface area contributed by atoms with Crippen molar-refractivity contribution in [3.8, 4) is 5.75 Å². The average molecular weight is 343 g/mol. The third-order valence-corrected chi connectivity index (χ3v) is 4.62. The summed E-state index contributed by atoms with van der Waals surface area (Å²) in [7, 11) is 1.68. The number of amides is 1. The van der Waals surface area contributed by atoms with Crippen LogP contribution in [0, 0.1) is 6.92 Å². The van der Waals surface area contributed by atoms with Crippen LogP contribution in [0.3, 0.4) is 0 Å². The molecule has 0 spiro atoms. The maximum Gasteiger partial charge on any atom is 0.259 e. The Balaban J connectivity index is 1.72. The van der Waals surface area contributed by atoms with Crippen molar-refractivity contribution in [3.63, 3.8) is 0 Å². The number of rotatable bonds is 4. The summed E-state index contributed by atoms with van der Waals surface area (Å²) in [6.07, 6.45) is 0. The number of benzene rings is 1. The second-order valence-electron chi connectivity index (χ2n) is 6.61. The molecule has 1 aromatic carbocycles. The summed E-state index contributed by atoms with van der Waals surface area (Å²) < 4.78 is 10.8. The summed E-state index contributed by atoms with van der Waals surface area (Å²) in [5.41, 5.74) is 2.36. The van der Waals surface area contributed by atoms with Crippen molar-refractivity contribution in [3.05, 3.63) is 41.3 Å². The van der Waals surface area contributed by atoms with Crippen LogP contribution in [0.15, 0.2) is 28.8 Å². The fourth-order valence-corrected chi connectivity index (χ4v) is 3.24. The Hall–Kier alpha value is -2.50. The molecule has 0 unspecified atom stereocenters. The molecule has 1 aromatic heterocycles. The van der Waals surface area contributed by atoms with Gasteiger partial charge in [-0.1, -0.05) is 31.1 Å². The molecule has 6 heteroatoms. The Morgan fingerprint density at radius 1 is 1.20 bits per heavy atom. The molecule has 1 saturated heterocycles. The number of piperazine rings is 1. The van der Waals surface area contributed by atoms with Gasteiger partial charge in [0.1, 0.15) is 11.3 Å². The van der Waals surface area contributed by atoms with Crippen LogP contribution in [0.25, 0.3) is 0 Å². The molecule has 134 valence electrons. The Morgan fingerprint density at radius 3 is 2.52 bits per heavy atom. The zero-order valence-electron chi connectivity index (χ0n) is 15.3. The van der Waals surface area contributed by atoms with Crippen LogP contribution in [-0.4, -0.2) is 49.3 Å². The fraction of sp³-hybridized carbons (Fsp3) is 0.474. The van der Waals surface area contributed by atoms with Crippen LogP contribution in [0.5, 0.6) is 5.75 Å². The van der Waals surface area contributed by atoms with Crippen LogP contribution in [0.1, 0.15) is 41.6 Å². The topological polar surface area (TPSA) is 58.8 Å². The van der Waals surface area contributed by atoms with Gasteiger partial charge in [0.05, 0.1) is 18.5 Å². The zero-order chi connectivity index (χ0) is 18.0. The molecule has 0 atom stereocenters. The van der Waals surface area contributed by atoms with Gasteiger partial charge in [0.15, 0.2) is 5.76 Å². The molecular weight excluding hydrogens is 318 g/mol. The molecular formula is C19H25N3O3. The highest BCUT2D eigenvalue weighted by Gasteiger charge is 2.29. The minimum atomic E-state index is 0.0159. The molecule has 25 heavy (non-hydrogen) atoms. The number of anilines is 1. The Bertz CT molecular complexity index is 746. The van der Waals surface area contributed by atoms with Crippen LogP contribution in [0.4, 0.5) is 5.69 Å². The minimum Gasteiger partial charge on any atom is -0.495 e. The first kappa shape index (κ1) is 17.3. The molecule has 0 N–H and O–H groups in total. The quantitative estimate of drug-likeness (QED) is 0.854. The Kier molecular flexibility index (Phi) is 4.97. The lowest BCUT2D eigenvalue weighted by Gasteiger charge is -2.36. The van der Waals surface area contributed by atoms with E-state index in [1.165, 1.54) is 0 Å². The van der Waals surface area contributed by atoms with Gasteiger partial charge in [-0.25, -0.2) is 0 Å². The number of aryl methyl sites for hydroxylation is 1. The van der Waals surface area contributed by atoms with Crippen molar-refractivity contribution in [2.45, 2.75) is 26.7 Å². The molecule has 1 aliphatic rings. The first-order chi connectivity index (χ1) is 12.0. The number of methoxy groups -OCH3 is 1. The van der Waals surface area contributed by atoms with Crippen molar-refractivity contribution in [1.29, 1.82) is 0 Å². The van der Waals surface area contributed by atoms with E-state index in [9.17, 15) is 4.79 Å². The van der Waals surface area contributed by atoms with Gasteiger partial charge in [-0.3, -0.25) is 4.79 Å². The standard InChI is InChI=1S/C19H25N3O3/c1-13(2)18-17(14(3)20-25-18)19(23)22-11-9-21(10-12-22)15-7-5-6-8-16(15)24-4/h5-8,13H,9-12H2,1-4H3. The lowest BCUT2D eigenvalue weighted by atomic mass is 10.0. The first-order valence-electron chi connectivity index (χ1n) is 8.66. The van der Waals surface area contributed by atoms with Crippen molar-refractivity contribution < 1.29 is 14.1 Å². The molecule has 1 amide bonds. The molecule has 0 bridgehead atoms. The largest absolute Gasteiger partial charge is 0.495 e. The highest BCUT2D eigenvalue weighted by atomic mass is 16.5. The van der Waals surface area contributed by atoms with Crippen molar-refractivity contribution in [2.75, 3.05) is 38.2 Å². The van der Waals surface area contributed by atoms with Crippen molar-refractivity contribution in [1.82, 2.24) is 10.1 Å². The van der Waals surface area contributed by atoms with Gasteiger partial charge < -0.3 is 19.1 Å². The van der Waals surface area contributed by atoms with E-state index in [2.05, 4.69) is 16.1 Å². The SMILES string of the molecule is COc1ccccc1N1CCN(C(=O)c2c(C)noc2C(C)C)CC1. The molecule has 3 rings (SSSR count). The molecule has 0 aliphatic carbocycles. The predicted octanol–water partition coefficient (Wildman–Crippen LogP) is 3.08. The van der Waals surface area contributed by atoms with Crippen LogP contribution in [0.2, 0.25) is 0 Å². The second kappa shape index (κ2) is 7.17. The highest BCUT2D eigenvalue weighted by Crippen LogP contribution is 2.29. The number of para-hydroxylation sites is 2. The highest BCUT2D eigenvalue weighted by molar-refractivity contribution is 5.96. The van der Waals surface area contributed by atoms with Gasteiger partial charge in [-0.05, 0) is 19.1 Å². The van der Waals surface area contributed by atoms with E-state index in [4.69, 9.17) is 9.26 Å². The number of aromatic nitrogens is 1. The van der Waals surface area contributed by atoms with E-state index in [1.807, 2.05) is 43.9 Å². The molecule has 1 fully saturated rings. The summed E-state index contributed by atoms with van der Waals surface area (Å²) in [6, 6.07) is 7.98. The minimum absolute atomic E-state index is 0.0159. The molecule has 0 radical (unpaired) electrons. The number of nitrogens with zero attached hydrogens (tertiary/aromatic N) is 3. The maximum absolute atomic E-state index is 13.0. The second-order valence-corrected chi connectivity index (χ2v) is 6.61. The summed E-state index contributed by atoms with van der Waals surface area (Å²) in [5.74, 6) is 1.69. The molecule has 6 nitrogen and oxygen atoms in total. The molecule has 2 aromatic rings. The van der Waals surface area contributed by atoms with E-state index < -0.39 is 0 Å². The molecule has 2 heterocycles. The number of carbonyl (C=O) groups excluding carboxylic acids is 1. The number of ether oxygens (including phenoxy) is 1. The van der Waals surface area contributed by atoms with Gasteiger partial charge in [-0.15, -0.1) is 0 Å². The first-order valence-corrected chi connectivity index (χ1v) is 8.66. The van der Waals surface area contributed by atoms with Gasteiger partial charge in [-0.2, -0.15) is 0 Å². The van der Waals surface area contributed by atoms with E-state index >= 15 is 0 Å². The fourth-order valence-electron chi connectivity index (χ4n) is 3.24. The van der Waals surface area contributed by atoms with Crippen LogP contribution in [-0.2, 0) is 0 Å². The monoisotopic (exact) mass is 343 g/mol. The summed E-state index contributed by atoms with van der Waals surface area (Å²) in [6.45, 7) is 8.72. The summed E-state index contributed by atoms with van der Waals surface area (Å²) in [5, 5.41) is 3.99. The zero-order valence-corrected chi connectivity index (χ0v) is 15.3. The third-order valence-electron chi connectivity index (χ3n) is 4.62.